The third-order valence-corrected chi connectivity index (χ3v) is 3.59. The van der Waals surface area contributed by atoms with E-state index in [0.29, 0.717) is 6.54 Å². The van der Waals surface area contributed by atoms with Crippen molar-refractivity contribution in [3.05, 3.63) is 0 Å². The number of rotatable bonds is 1. The molecule has 6 nitrogen and oxygen atoms in total. The van der Waals surface area contributed by atoms with Crippen LogP contribution in [0.1, 0.15) is 13.8 Å². The summed E-state index contributed by atoms with van der Waals surface area (Å²) >= 11 is 0. The Morgan fingerprint density at radius 2 is 1.81 bits per heavy atom. The molecule has 1 fully saturated rings. The number of nitrogens with zero attached hydrogens (tertiary/aromatic N) is 2. The van der Waals surface area contributed by atoms with Gasteiger partial charge in [-0.05, 0) is 14.0 Å². The van der Waals surface area contributed by atoms with E-state index in [9.17, 15) is 8.42 Å². The predicted octanol–water partition coefficient (Wildman–Crippen LogP) is -0.327. The highest BCUT2D eigenvalue weighted by Crippen LogP contribution is 2.11. The Bertz CT molecular complexity index is 324. The van der Waals surface area contributed by atoms with Gasteiger partial charge in [-0.2, -0.15) is 4.31 Å². The lowest BCUT2D eigenvalue weighted by Gasteiger charge is -2.36. The summed E-state index contributed by atoms with van der Waals surface area (Å²) in [7, 11) is -0.982. The highest BCUT2D eigenvalue weighted by Gasteiger charge is 2.27. The molecule has 96 valence electrons. The van der Waals surface area contributed by atoms with E-state index in [0.717, 1.165) is 20.0 Å². The van der Waals surface area contributed by atoms with Crippen LogP contribution in [0.5, 0.6) is 0 Å². The van der Waals surface area contributed by atoms with Crippen molar-refractivity contribution in [3.8, 4) is 0 Å². The molecule has 0 aromatic rings. The Hall–Kier alpha value is -0.660. The van der Waals surface area contributed by atoms with E-state index < -0.39 is 16.0 Å². The van der Waals surface area contributed by atoms with Crippen LogP contribution in [0.3, 0.4) is 0 Å². The minimum Gasteiger partial charge on any atom is -0.481 e. The van der Waals surface area contributed by atoms with E-state index in [1.54, 1.807) is 4.31 Å². The minimum atomic E-state index is -2.99. The van der Waals surface area contributed by atoms with E-state index in [1.807, 2.05) is 14.0 Å². The summed E-state index contributed by atoms with van der Waals surface area (Å²) in [5.41, 5.74) is 0. The largest absolute Gasteiger partial charge is 0.481 e. The number of carboxylic acid groups (broad SMARTS) is 1. The number of likely N-dealkylation sites (N-methyl/N-ethyl adjacent to an activating group) is 1. The molecule has 16 heavy (non-hydrogen) atoms. The number of hydrogen-bond donors (Lipinski definition) is 1. The van der Waals surface area contributed by atoms with Gasteiger partial charge in [-0.3, -0.25) is 4.79 Å². The van der Waals surface area contributed by atoms with Gasteiger partial charge in [0.05, 0.1) is 6.26 Å². The Balaban J connectivity index is 0.000000487. The Morgan fingerprint density at radius 3 is 2.12 bits per heavy atom. The van der Waals surface area contributed by atoms with E-state index in [2.05, 4.69) is 4.90 Å². The van der Waals surface area contributed by atoms with Gasteiger partial charge in [0.2, 0.25) is 10.0 Å². The van der Waals surface area contributed by atoms with E-state index in [4.69, 9.17) is 9.90 Å². The zero-order chi connectivity index (χ0) is 12.9. The molecule has 0 aliphatic carbocycles. The third-order valence-electron chi connectivity index (χ3n) is 2.20. The fourth-order valence-corrected chi connectivity index (χ4v) is 2.75. The van der Waals surface area contributed by atoms with Crippen LogP contribution in [0.25, 0.3) is 0 Å². The topological polar surface area (TPSA) is 77.9 Å². The lowest BCUT2D eigenvalue weighted by molar-refractivity contribution is -0.134. The van der Waals surface area contributed by atoms with E-state index >= 15 is 0 Å². The number of sulfonamides is 1. The van der Waals surface area contributed by atoms with Crippen LogP contribution in [-0.2, 0) is 14.8 Å². The van der Waals surface area contributed by atoms with Gasteiger partial charge in [0.15, 0.2) is 0 Å². The van der Waals surface area contributed by atoms with Gasteiger partial charge in [0.1, 0.15) is 0 Å². The van der Waals surface area contributed by atoms with Crippen molar-refractivity contribution in [2.45, 2.75) is 19.9 Å². The fraction of sp³-hybridized carbons (Fsp3) is 0.889. The highest BCUT2D eigenvalue weighted by atomic mass is 32.2. The maximum Gasteiger partial charge on any atom is 0.300 e. The van der Waals surface area contributed by atoms with Gasteiger partial charge in [-0.25, -0.2) is 8.42 Å². The van der Waals surface area contributed by atoms with Gasteiger partial charge in [-0.15, -0.1) is 0 Å². The number of carboxylic acids is 1. The third kappa shape index (κ3) is 6.04. The van der Waals surface area contributed by atoms with Crippen molar-refractivity contribution in [2.24, 2.45) is 0 Å². The summed E-state index contributed by atoms with van der Waals surface area (Å²) < 4.78 is 24.0. The molecule has 1 N–H and O–H groups in total. The van der Waals surface area contributed by atoms with Gasteiger partial charge in [0.25, 0.3) is 5.97 Å². The summed E-state index contributed by atoms with van der Waals surface area (Å²) in [5, 5.41) is 7.42. The Labute approximate surface area is 96.9 Å². The molecule has 0 spiro atoms. The monoisotopic (exact) mass is 252 g/mol. The summed E-state index contributed by atoms with van der Waals surface area (Å²) in [4.78, 5) is 11.1. The maximum atomic E-state index is 11.2. The summed E-state index contributed by atoms with van der Waals surface area (Å²) in [6, 6.07) is 0.110. The maximum absolute atomic E-state index is 11.2. The number of carbonyl (C=O) groups is 1. The molecule has 1 saturated heterocycles. The summed E-state index contributed by atoms with van der Waals surface area (Å²) in [5.74, 6) is -0.833. The van der Waals surface area contributed by atoms with Gasteiger partial charge in [-0.1, -0.05) is 0 Å². The SMILES string of the molecule is CC(=O)O.CC1CN(C)CCN1S(C)(=O)=O. The molecule has 0 aromatic carbocycles. The average Bonchev–Trinajstić information content (AvgIpc) is 1.99. The van der Waals surface area contributed by atoms with Crippen LogP contribution in [-0.4, -0.2) is 67.7 Å². The second-order valence-electron chi connectivity index (χ2n) is 4.00. The zero-order valence-electron chi connectivity index (χ0n) is 10.2. The highest BCUT2D eigenvalue weighted by molar-refractivity contribution is 7.88. The fourth-order valence-electron chi connectivity index (χ4n) is 1.62. The number of hydrogen-bond acceptors (Lipinski definition) is 4. The Morgan fingerprint density at radius 1 is 1.38 bits per heavy atom. The summed E-state index contributed by atoms with van der Waals surface area (Å²) in [6.07, 6.45) is 1.27. The van der Waals surface area contributed by atoms with Crippen LogP contribution in [0.2, 0.25) is 0 Å². The van der Waals surface area contributed by atoms with Crippen molar-refractivity contribution >= 4 is 16.0 Å². The molecule has 0 bridgehead atoms. The smallest absolute Gasteiger partial charge is 0.300 e. The molecule has 1 unspecified atom stereocenters. The van der Waals surface area contributed by atoms with Gasteiger partial charge >= 0.3 is 0 Å². The van der Waals surface area contributed by atoms with Crippen LogP contribution >= 0.6 is 0 Å². The predicted molar refractivity (Wildman–Crippen MR) is 61.8 cm³/mol. The molecule has 0 radical (unpaired) electrons. The first-order chi connectivity index (χ1) is 7.14. The van der Waals surface area contributed by atoms with Crippen LogP contribution in [0, 0.1) is 0 Å². The quantitative estimate of drug-likeness (QED) is 0.691. The first kappa shape index (κ1) is 15.3. The second kappa shape index (κ2) is 6.17. The molecule has 0 saturated carbocycles. The zero-order valence-corrected chi connectivity index (χ0v) is 11.0. The van der Waals surface area contributed by atoms with Crippen molar-refractivity contribution in [1.82, 2.24) is 9.21 Å². The van der Waals surface area contributed by atoms with E-state index in [1.165, 1.54) is 6.26 Å². The number of piperazine rings is 1. The standard InChI is InChI=1S/C7H16N2O2S.C2H4O2/c1-7-6-8(2)4-5-9(7)12(3,10)11;1-2(3)4/h7H,4-6H2,1-3H3;1H3,(H,3,4). The summed E-state index contributed by atoms with van der Waals surface area (Å²) in [6.45, 7) is 5.30. The molecule has 1 heterocycles. The normalized spacial score (nSPS) is 23.4. The molecule has 0 aromatic heterocycles. The lowest BCUT2D eigenvalue weighted by atomic mass is 10.2. The molecule has 1 aliphatic heterocycles. The van der Waals surface area contributed by atoms with Gasteiger partial charge in [0, 0.05) is 32.6 Å². The average molecular weight is 252 g/mol. The van der Waals surface area contributed by atoms with E-state index in [-0.39, 0.29) is 6.04 Å². The second-order valence-corrected chi connectivity index (χ2v) is 5.94. The van der Waals surface area contributed by atoms with Gasteiger partial charge < -0.3 is 10.0 Å². The molecule has 7 heteroatoms. The molecular formula is C9H20N2O4S. The van der Waals surface area contributed by atoms with Crippen molar-refractivity contribution in [3.63, 3.8) is 0 Å². The molecule has 1 aliphatic rings. The lowest BCUT2D eigenvalue weighted by Crippen LogP contribution is -2.52. The molecule has 1 atom stereocenters. The first-order valence-electron chi connectivity index (χ1n) is 4.99. The Kier molecular flexibility index (Phi) is 5.91. The molecule has 0 amide bonds. The van der Waals surface area contributed by atoms with Crippen LogP contribution < -0.4 is 0 Å². The minimum absolute atomic E-state index is 0.110. The van der Waals surface area contributed by atoms with Crippen molar-refractivity contribution < 1.29 is 18.3 Å². The van der Waals surface area contributed by atoms with Crippen molar-refractivity contribution in [1.29, 1.82) is 0 Å². The van der Waals surface area contributed by atoms with Crippen LogP contribution in [0.15, 0.2) is 0 Å². The number of aliphatic carboxylic acids is 1. The van der Waals surface area contributed by atoms with Crippen LogP contribution in [0.4, 0.5) is 0 Å². The first-order valence-corrected chi connectivity index (χ1v) is 6.84. The van der Waals surface area contributed by atoms with Crippen molar-refractivity contribution in [2.75, 3.05) is 32.9 Å². The molecular weight excluding hydrogens is 232 g/mol. The molecule has 1 rings (SSSR count).